The molecule has 9 heteroatoms. The van der Waals surface area contributed by atoms with Crippen LogP contribution in [0.5, 0.6) is 17.2 Å². The maximum absolute atomic E-state index is 15.3. The highest BCUT2D eigenvalue weighted by atomic mass is 19.1. The molecule has 0 aliphatic rings. The first kappa shape index (κ1) is 32.6. The Balaban J connectivity index is 1.77. The Labute approximate surface area is 250 Å². The minimum Gasteiger partial charge on any atom is -0.486 e. The number of benzene rings is 3. The molecular formula is C34H35FO8. The van der Waals surface area contributed by atoms with Gasteiger partial charge in [0.05, 0.1) is 0 Å². The lowest BCUT2D eigenvalue weighted by Crippen LogP contribution is -2.15. The van der Waals surface area contributed by atoms with Gasteiger partial charge in [0.2, 0.25) is 6.29 Å². The highest BCUT2D eigenvalue weighted by Gasteiger charge is 2.14. The van der Waals surface area contributed by atoms with Crippen molar-refractivity contribution < 1.29 is 42.8 Å². The van der Waals surface area contributed by atoms with Crippen molar-refractivity contribution in [1.82, 2.24) is 0 Å². The summed E-state index contributed by atoms with van der Waals surface area (Å²) in [5, 5.41) is 9.84. The van der Waals surface area contributed by atoms with Gasteiger partial charge in [-0.05, 0) is 73.4 Å². The van der Waals surface area contributed by atoms with Crippen LogP contribution in [0.1, 0.15) is 20.8 Å². The zero-order valence-electron chi connectivity index (χ0n) is 24.5. The molecule has 43 heavy (non-hydrogen) atoms. The van der Waals surface area contributed by atoms with Gasteiger partial charge >= 0.3 is 11.9 Å². The quantitative estimate of drug-likeness (QED) is 0.0711. The number of esters is 2. The van der Waals surface area contributed by atoms with Crippen LogP contribution in [0.3, 0.4) is 0 Å². The molecule has 3 rings (SSSR count). The lowest BCUT2D eigenvalue weighted by atomic mass is 9.99. The highest BCUT2D eigenvalue weighted by molar-refractivity contribution is 5.87. The van der Waals surface area contributed by atoms with Crippen LogP contribution < -0.4 is 14.2 Å². The van der Waals surface area contributed by atoms with Crippen LogP contribution in [0.4, 0.5) is 4.39 Å². The molecule has 8 nitrogen and oxygen atoms in total. The Kier molecular flexibility index (Phi) is 11.7. The number of carbonyl (C=O) groups excluding carboxylic acids is 2. The van der Waals surface area contributed by atoms with E-state index in [1.807, 2.05) is 0 Å². The molecule has 0 spiro atoms. The number of hydrogen-bond donors (Lipinski definition) is 1. The molecule has 0 aromatic heterocycles. The van der Waals surface area contributed by atoms with Gasteiger partial charge in [-0.25, -0.2) is 14.0 Å². The standard InChI is InChI=1S/C34H35FO8/c1-21(2)32(36)41-17-15-39-30-14-10-26(20-31(30)40-16-18-42-33(37)22(3)4)25-9-13-28(29(35)19-25)24-7-11-27(12-8-24)43-34(38)23(5)6/h7-14,19-20,34,38H,1,3,5,15-18H2,2,4,6H3. The summed E-state index contributed by atoms with van der Waals surface area (Å²) in [6.45, 7) is 15.5. The second-order valence-corrected chi connectivity index (χ2v) is 9.73. The maximum Gasteiger partial charge on any atom is 0.333 e. The van der Waals surface area contributed by atoms with Crippen LogP contribution in [0, 0.1) is 5.82 Å². The van der Waals surface area contributed by atoms with Crippen molar-refractivity contribution in [3.8, 4) is 39.5 Å². The van der Waals surface area contributed by atoms with E-state index >= 15 is 4.39 Å². The Morgan fingerprint density at radius 1 is 0.721 bits per heavy atom. The van der Waals surface area contributed by atoms with Gasteiger partial charge in [0.15, 0.2) is 11.5 Å². The first-order valence-corrected chi connectivity index (χ1v) is 13.4. The van der Waals surface area contributed by atoms with Gasteiger partial charge < -0.3 is 28.8 Å². The summed E-state index contributed by atoms with van der Waals surface area (Å²) in [5.74, 6) is -0.387. The molecule has 0 fully saturated rings. The lowest BCUT2D eigenvalue weighted by molar-refractivity contribution is -0.140. The molecule has 3 aromatic rings. The fraction of sp³-hybridized carbons (Fsp3) is 0.235. The van der Waals surface area contributed by atoms with Gasteiger partial charge in [0, 0.05) is 16.7 Å². The number of hydrogen-bond acceptors (Lipinski definition) is 8. The first-order valence-electron chi connectivity index (χ1n) is 13.4. The molecule has 0 aliphatic carbocycles. The van der Waals surface area contributed by atoms with Crippen molar-refractivity contribution in [1.29, 1.82) is 0 Å². The summed E-state index contributed by atoms with van der Waals surface area (Å²) in [5.41, 5.74) is 3.27. The second-order valence-electron chi connectivity index (χ2n) is 9.73. The predicted octanol–water partition coefficient (Wildman–Crippen LogP) is 6.43. The molecule has 0 saturated carbocycles. The highest BCUT2D eigenvalue weighted by Crippen LogP contribution is 2.35. The van der Waals surface area contributed by atoms with Crippen LogP contribution in [0.15, 0.2) is 97.1 Å². The number of carbonyl (C=O) groups is 2. The van der Waals surface area contributed by atoms with Crippen molar-refractivity contribution in [2.24, 2.45) is 0 Å². The van der Waals surface area contributed by atoms with Gasteiger partial charge in [-0.1, -0.05) is 50.1 Å². The minimum absolute atomic E-state index is 0.00261. The van der Waals surface area contributed by atoms with E-state index in [-0.39, 0.29) is 37.6 Å². The van der Waals surface area contributed by atoms with Crippen LogP contribution in [-0.4, -0.2) is 49.8 Å². The molecule has 1 atom stereocenters. The summed E-state index contributed by atoms with van der Waals surface area (Å²) in [7, 11) is 0. The van der Waals surface area contributed by atoms with Gasteiger partial charge in [-0.15, -0.1) is 0 Å². The molecule has 0 amide bonds. The van der Waals surface area contributed by atoms with E-state index in [9.17, 15) is 14.7 Å². The van der Waals surface area contributed by atoms with Gasteiger partial charge in [-0.2, -0.15) is 0 Å². The third-order valence-electron chi connectivity index (χ3n) is 5.93. The molecule has 0 aliphatic heterocycles. The van der Waals surface area contributed by atoms with Crippen LogP contribution in [-0.2, 0) is 19.1 Å². The Morgan fingerprint density at radius 3 is 1.77 bits per heavy atom. The normalized spacial score (nSPS) is 11.2. The first-order chi connectivity index (χ1) is 20.5. The van der Waals surface area contributed by atoms with Gasteiger partial charge in [0.1, 0.15) is 38.0 Å². The predicted molar refractivity (Wildman–Crippen MR) is 161 cm³/mol. The molecule has 0 saturated heterocycles. The molecule has 0 radical (unpaired) electrons. The molecule has 1 unspecified atom stereocenters. The molecule has 226 valence electrons. The van der Waals surface area contributed by atoms with Gasteiger partial charge in [-0.3, -0.25) is 0 Å². The van der Waals surface area contributed by atoms with Crippen LogP contribution in [0.25, 0.3) is 22.3 Å². The largest absolute Gasteiger partial charge is 0.486 e. The number of ether oxygens (including phenoxy) is 5. The van der Waals surface area contributed by atoms with Crippen molar-refractivity contribution in [3.05, 3.63) is 103 Å². The van der Waals surface area contributed by atoms with Crippen molar-refractivity contribution in [2.75, 3.05) is 26.4 Å². The van der Waals surface area contributed by atoms with Crippen molar-refractivity contribution in [2.45, 2.75) is 27.1 Å². The molecule has 0 heterocycles. The zero-order valence-corrected chi connectivity index (χ0v) is 24.5. The second kappa shape index (κ2) is 15.4. The number of aliphatic hydroxyl groups excluding tert-OH is 1. The molecular weight excluding hydrogens is 555 g/mol. The summed E-state index contributed by atoms with van der Waals surface area (Å²) >= 11 is 0. The Hall–Kier alpha value is -4.89. The monoisotopic (exact) mass is 590 g/mol. The summed E-state index contributed by atoms with van der Waals surface area (Å²) in [4.78, 5) is 23.3. The van der Waals surface area contributed by atoms with Crippen molar-refractivity contribution in [3.63, 3.8) is 0 Å². The lowest BCUT2D eigenvalue weighted by Gasteiger charge is -2.15. The fourth-order valence-electron chi connectivity index (χ4n) is 3.61. The Bertz CT molecular complexity index is 1490. The van der Waals surface area contributed by atoms with Crippen molar-refractivity contribution >= 4 is 11.9 Å². The Morgan fingerprint density at radius 2 is 1.23 bits per heavy atom. The van der Waals surface area contributed by atoms with E-state index < -0.39 is 24.0 Å². The number of aliphatic hydroxyl groups is 1. The molecule has 3 aromatic carbocycles. The number of rotatable bonds is 15. The average Bonchev–Trinajstić information content (AvgIpc) is 2.97. The fourth-order valence-corrected chi connectivity index (χ4v) is 3.61. The summed E-state index contributed by atoms with van der Waals surface area (Å²) in [6, 6.07) is 16.6. The van der Waals surface area contributed by atoms with Crippen LogP contribution in [0.2, 0.25) is 0 Å². The maximum atomic E-state index is 15.3. The van der Waals surface area contributed by atoms with E-state index in [0.717, 1.165) is 0 Å². The van der Waals surface area contributed by atoms with E-state index in [1.54, 1.807) is 75.4 Å². The third kappa shape index (κ3) is 9.58. The van der Waals surface area contributed by atoms with E-state index in [4.69, 9.17) is 23.7 Å². The number of halogens is 1. The summed E-state index contributed by atoms with van der Waals surface area (Å²) in [6.07, 6.45) is -1.13. The topological polar surface area (TPSA) is 101 Å². The molecule has 0 bridgehead atoms. The van der Waals surface area contributed by atoms with E-state index in [0.29, 0.717) is 45.1 Å². The average molecular weight is 591 g/mol. The SMILES string of the molecule is C=C(C)C(=O)OCCOc1ccc(-c2ccc(-c3ccc(OC(O)C(=C)C)cc3)c(F)c2)cc1OCCOC(=O)C(=C)C. The smallest absolute Gasteiger partial charge is 0.333 e. The van der Waals surface area contributed by atoms with Gasteiger partial charge in [0.25, 0.3) is 0 Å². The van der Waals surface area contributed by atoms with E-state index in [2.05, 4.69) is 19.7 Å². The van der Waals surface area contributed by atoms with Crippen LogP contribution >= 0.6 is 0 Å². The van der Waals surface area contributed by atoms with E-state index in [1.165, 1.54) is 6.07 Å². The minimum atomic E-state index is -1.13. The summed E-state index contributed by atoms with van der Waals surface area (Å²) < 4.78 is 42.4. The molecule has 1 N–H and O–H groups in total. The third-order valence-corrected chi connectivity index (χ3v) is 5.93. The zero-order chi connectivity index (χ0) is 31.5.